The summed E-state index contributed by atoms with van der Waals surface area (Å²) in [7, 11) is 0. The van der Waals surface area contributed by atoms with Gasteiger partial charge >= 0.3 is 0 Å². The Labute approximate surface area is 523 Å². The van der Waals surface area contributed by atoms with Crippen molar-refractivity contribution in [2.45, 2.75) is 221 Å². The van der Waals surface area contributed by atoms with Crippen molar-refractivity contribution in [2.75, 3.05) is 14.7 Å². The third-order valence-corrected chi connectivity index (χ3v) is 21.7. The fourth-order valence-electron chi connectivity index (χ4n) is 16.2. The van der Waals surface area contributed by atoms with Crippen LogP contribution in [-0.4, -0.2) is 6.71 Å². The Morgan fingerprint density at radius 2 is 0.965 bits per heavy atom. The lowest BCUT2D eigenvalue weighted by Gasteiger charge is -2.48. The van der Waals surface area contributed by atoms with E-state index in [1.165, 1.54) is 83.3 Å². The highest BCUT2D eigenvalue weighted by Gasteiger charge is 2.49. The molecule has 0 amide bonds. The lowest BCUT2D eigenvalue weighted by molar-refractivity contribution is 0.332. The molecule has 4 heteroatoms. The van der Waals surface area contributed by atoms with E-state index >= 15 is 0 Å². The predicted octanol–water partition coefficient (Wildman–Crippen LogP) is 21.1. The molecule has 2 heterocycles. The molecule has 86 heavy (non-hydrogen) atoms. The Kier molecular flexibility index (Phi) is 12.0. The molecule has 5 aliphatic rings. The molecule has 0 bridgehead atoms. The van der Waals surface area contributed by atoms with Crippen LogP contribution in [-0.2, 0) is 43.3 Å². The molecule has 0 aromatic heterocycles. The molecule has 0 N–H and O–H groups in total. The van der Waals surface area contributed by atoms with Crippen molar-refractivity contribution >= 4 is 74.3 Å². The van der Waals surface area contributed by atoms with Crippen LogP contribution in [0.3, 0.4) is 0 Å². The molecule has 2 aliphatic heterocycles. The highest BCUT2D eigenvalue weighted by Crippen LogP contribution is 2.57. The minimum atomic E-state index is -2.44. The van der Waals surface area contributed by atoms with Gasteiger partial charge in [-0.2, -0.15) is 0 Å². The maximum absolute atomic E-state index is 9.56. The summed E-state index contributed by atoms with van der Waals surface area (Å²) in [5.41, 5.74) is 29.6. The average molecular weight is 1140 g/mol. The van der Waals surface area contributed by atoms with Crippen molar-refractivity contribution in [1.29, 1.82) is 0 Å². The third kappa shape index (κ3) is 8.92. The van der Waals surface area contributed by atoms with Gasteiger partial charge in [0.1, 0.15) is 0 Å². The van der Waals surface area contributed by atoms with Crippen LogP contribution in [0, 0.1) is 20.7 Å². The van der Waals surface area contributed by atoms with E-state index in [0.29, 0.717) is 5.56 Å². The Morgan fingerprint density at radius 1 is 0.442 bits per heavy atom. The molecular weight excluding hydrogens is 1040 g/mol. The molecule has 0 fully saturated rings. The highest BCUT2D eigenvalue weighted by molar-refractivity contribution is 7.00. The summed E-state index contributed by atoms with van der Waals surface area (Å²) < 4.78 is 28.7. The van der Waals surface area contributed by atoms with Gasteiger partial charge in [0.05, 0.1) is 0 Å². The molecule has 13 rings (SSSR count). The van der Waals surface area contributed by atoms with E-state index < -0.39 is 6.85 Å². The molecule has 0 saturated heterocycles. The van der Waals surface area contributed by atoms with Gasteiger partial charge in [-0.1, -0.05) is 198 Å². The van der Waals surface area contributed by atoms with Gasteiger partial charge in [-0.05, 0) is 245 Å². The second-order valence-electron chi connectivity index (χ2n) is 33.2. The number of hydrogen-bond donors (Lipinski definition) is 0. The lowest BCUT2D eigenvalue weighted by atomic mass is 9.33. The Balaban J connectivity index is 1.18. The first-order valence-corrected chi connectivity index (χ1v) is 32.3. The fraction of sp³-hybridized carbons (Fsp3) is 0.415. The lowest BCUT2D eigenvalue weighted by Crippen LogP contribution is -2.62. The average Bonchev–Trinajstić information content (AvgIpc) is 1.04. The SMILES string of the molecule is [2H]C([2H])([2H])c1cc2c3c(c1)N(c1ccc4c(c1)C(C)(C)CCC4(C)C)c1cc4c(cc1B3c1ccc(N(c3ccc(C(C)(C)C)cc3C)c3ccc(C(C)(C)C)cc3C)cc1N2c1cc2c(c(C(C)(C)C)c1)C(C)(C)c1ccccc1-2)C(C)(C)CCC4(C)C. The van der Waals surface area contributed by atoms with Crippen LogP contribution in [0.2, 0.25) is 0 Å². The summed E-state index contributed by atoms with van der Waals surface area (Å²) in [6.07, 6.45) is 4.37. The predicted molar refractivity (Wildman–Crippen MR) is 374 cm³/mol. The molecule has 0 saturated carbocycles. The molecule has 3 aliphatic carbocycles. The monoisotopic (exact) mass is 1140 g/mol. The van der Waals surface area contributed by atoms with Gasteiger partial charge in [0.25, 0.3) is 6.71 Å². The largest absolute Gasteiger partial charge is 0.311 e. The number of hydrogen-bond acceptors (Lipinski definition) is 3. The summed E-state index contributed by atoms with van der Waals surface area (Å²) in [5.74, 6) is 0. The zero-order valence-electron chi connectivity index (χ0n) is 58.9. The van der Waals surface area contributed by atoms with Gasteiger partial charge in [0.15, 0.2) is 0 Å². The zero-order valence-corrected chi connectivity index (χ0v) is 55.9. The van der Waals surface area contributed by atoms with Gasteiger partial charge in [-0.3, -0.25) is 0 Å². The second kappa shape index (κ2) is 18.9. The molecule has 442 valence electrons. The third-order valence-electron chi connectivity index (χ3n) is 21.7. The van der Waals surface area contributed by atoms with Crippen LogP contribution < -0.4 is 31.1 Å². The first-order chi connectivity index (χ1) is 41.2. The topological polar surface area (TPSA) is 9.72 Å². The Bertz CT molecular complexity index is 4220. The van der Waals surface area contributed by atoms with Crippen molar-refractivity contribution in [2.24, 2.45) is 0 Å². The number of nitrogens with zero attached hydrogens (tertiary/aromatic N) is 3. The van der Waals surface area contributed by atoms with Crippen molar-refractivity contribution in [3.8, 4) is 11.1 Å². The molecule has 8 aromatic carbocycles. The van der Waals surface area contributed by atoms with Crippen molar-refractivity contribution < 1.29 is 4.11 Å². The van der Waals surface area contributed by atoms with Gasteiger partial charge in [0.2, 0.25) is 0 Å². The number of benzene rings is 8. The smallest absolute Gasteiger partial charge is 0.252 e. The zero-order chi connectivity index (χ0) is 64.2. The number of rotatable bonds is 5. The Hall–Kier alpha value is -6.78. The van der Waals surface area contributed by atoms with E-state index in [2.05, 4.69) is 294 Å². The minimum Gasteiger partial charge on any atom is -0.311 e. The van der Waals surface area contributed by atoms with Crippen LogP contribution >= 0.6 is 0 Å². The van der Waals surface area contributed by atoms with Crippen LogP contribution in [0.1, 0.15) is 228 Å². The maximum Gasteiger partial charge on any atom is 0.252 e. The molecule has 0 atom stereocenters. The van der Waals surface area contributed by atoms with E-state index in [1.807, 2.05) is 0 Å². The van der Waals surface area contributed by atoms with Crippen LogP contribution in [0.25, 0.3) is 11.1 Å². The number of fused-ring (bicyclic) bond motifs is 9. The fourth-order valence-corrected chi connectivity index (χ4v) is 16.2. The van der Waals surface area contributed by atoms with Crippen LogP contribution in [0.15, 0.2) is 133 Å². The first kappa shape index (κ1) is 54.6. The number of anilines is 9. The highest BCUT2D eigenvalue weighted by atomic mass is 15.2. The summed E-state index contributed by atoms with van der Waals surface area (Å²) in [6, 6.07) is 51.9. The van der Waals surface area contributed by atoms with E-state index in [-0.39, 0.29) is 50.0 Å². The first-order valence-electron chi connectivity index (χ1n) is 33.8. The van der Waals surface area contributed by atoms with E-state index in [4.69, 9.17) is 0 Å². The van der Waals surface area contributed by atoms with Gasteiger partial charge < -0.3 is 14.7 Å². The second-order valence-corrected chi connectivity index (χ2v) is 33.2. The molecule has 8 aromatic rings. The van der Waals surface area contributed by atoms with Crippen molar-refractivity contribution in [3.05, 3.63) is 200 Å². The Morgan fingerprint density at radius 3 is 1.51 bits per heavy atom. The number of aryl methyl sites for hydroxylation is 3. The van der Waals surface area contributed by atoms with Crippen LogP contribution in [0.5, 0.6) is 0 Å². The van der Waals surface area contributed by atoms with Gasteiger partial charge in [0, 0.05) is 60.7 Å². The standard InChI is InChI=1S/C82H96BN3/c1-49-39-71-74-72(40-49)86(56-43-58-57-25-23-24-26-59(57)82(21,22)73(58)64(45-56)77(10,11)12)69-46-55(84(67-33-27-52(41-50(67)2)75(4,5)6)68-34-28-53(42-51(68)3)76(7,8)9)30-32-65(69)83(74)66-47-62-63(81(19,20)38-37-80(62,17)18)48-70(66)85(71)54-29-31-60-61(44-54)79(15,16)36-35-78(60,13)14/h23-34,39-48H,35-38H2,1-22H3/i1D3. The summed E-state index contributed by atoms with van der Waals surface area (Å²) >= 11 is 0. The van der Waals surface area contributed by atoms with E-state index in [9.17, 15) is 4.11 Å². The summed E-state index contributed by atoms with van der Waals surface area (Å²) in [5, 5.41) is 0. The maximum atomic E-state index is 9.56. The van der Waals surface area contributed by atoms with Crippen molar-refractivity contribution in [3.63, 3.8) is 0 Å². The van der Waals surface area contributed by atoms with E-state index in [1.54, 1.807) is 0 Å². The summed E-state index contributed by atoms with van der Waals surface area (Å²) in [4.78, 5) is 7.51. The molecule has 0 unspecified atom stereocenters. The normalized spacial score (nSPS) is 18.8. The van der Waals surface area contributed by atoms with Gasteiger partial charge in [-0.25, -0.2) is 0 Å². The molecule has 3 nitrogen and oxygen atoms in total. The minimum absolute atomic E-state index is 0.0165. The van der Waals surface area contributed by atoms with Crippen molar-refractivity contribution in [1.82, 2.24) is 0 Å². The van der Waals surface area contributed by atoms with Gasteiger partial charge in [-0.15, -0.1) is 0 Å². The molecule has 0 spiro atoms. The quantitative estimate of drug-likeness (QED) is 0.159. The van der Waals surface area contributed by atoms with Crippen LogP contribution in [0.4, 0.5) is 51.2 Å². The molecule has 0 radical (unpaired) electrons. The summed E-state index contributed by atoms with van der Waals surface area (Å²) in [6.45, 7) is 46.9. The molecular formula is C82H96BN3. The van der Waals surface area contributed by atoms with E-state index in [0.717, 1.165) is 82.3 Å².